The van der Waals surface area contributed by atoms with Gasteiger partial charge in [0.15, 0.2) is 0 Å². The molecule has 112 valence electrons. The van der Waals surface area contributed by atoms with Crippen LogP contribution < -0.4 is 4.72 Å². The van der Waals surface area contributed by atoms with Gasteiger partial charge in [-0.25, -0.2) is 13.1 Å². The lowest BCUT2D eigenvalue weighted by molar-refractivity contribution is 0.120. The fourth-order valence-electron chi connectivity index (χ4n) is 2.26. The highest BCUT2D eigenvalue weighted by Crippen LogP contribution is 2.28. The van der Waals surface area contributed by atoms with Gasteiger partial charge in [0, 0.05) is 16.1 Å². The molecule has 0 bridgehead atoms. The second-order valence-electron chi connectivity index (χ2n) is 5.14. The van der Waals surface area contributed by atoms with E-state index in [1.165, 1.54) is 12.1 Å². The summed E-state index contributed by atoms with van der Waals surface area (Å²) >= 11 is 12.0. The summed E-state index contributed by atoms with van der Waals surface area (Å²) in [6.07, 6.45) is 2.17. The quantitative estimate of drug-likeness (QED) is 0.891. The Kier molecular flexibility index (Phi) is 4.97. The van der Waals surface area contributed by atoms with E-state index in [0.29, 0.717) is 41.3 Å². The smallest absolute Gasteiger partial charge is 0.240 e. The minimum atomic E-state index is -3.64. The topological polar surface area (TPSA) is 66.4 Å². The minimum Gasteiger partial charge on any atom is -0.393 e. The number of hydrogen-bond donors (Lipinski definition) is 2. The maximum atomic E-state index is 12.3. The summed E-state index contributed by atoms with van der Waals surface area (Å²) in [7, 11) is -3.64. The molecule has 0 unspecified atom stereocenters. The number of sulfonamides is 1. The molecule has 2 N–H and O–H groups in total. The first kappa shape index (κ1) is 16.0. The van der Waals surface area contributed by atoms with E-state index in [4.69, 9.17) is 23.2 Å². The summed E-state index contributed by atoms with van der Waals surface area (Å²) < 4.78 is 27.3. The Labute approximate surface area is 129 Å². The summed E-state index contributed by atoms with van der Waals surface area (Å²) in [5.41, 5.74) is 0.660. The Balaban J connectivity index is 2.18. The summed E-state index contributed by atoms with van der Waals surface area (Å²) in [5.74, 6) is 0. The molecule has 0 spiro atoms. The molecule has 0 aromatic heterocycles. The highest BCUT2D eigenvalue weighted by atomic mass is 35.5. The molecule has 1 aromatic rings. The van der Waals surface area contributed by atoms with Crippen molar-refractivity contribution in [3.8, 4) is 0 Å². The molecule has 0 saturated heterocycles. The maximum Gasteiger partial charge on any atom is 0.240 e. The first-order valence-electron chi connectivity index (χ1n) is 6.45. The summed E-state index contributed by atoms with van der Waals surface area (Å²) in [6, 6.07) is 2.66. The number of halogens is 2. The fraction of sp³-hybridized carbons (Fsp3) is 0.538. The van der Waals surface area contributed by atoms with Crippen LogP contribution in [0, 0.1) is 6.92 Å². The van der Waals surface area contributed by atoms with Crippen LogP contribution in [0.3, 0.4) is 0 Å². The van der Waals surface area contributed by atoms with E-state index in [1.807, 2.05) is 0 Å². The van der Waals surface area contributed by atoms with Gasteiger partial charge >= 0.3 is 0 Å². The summed E-state index contributed by atoms with van der Waals surface area (Å²) in [6.45, 7) is 1.73. The van der Waals surface area contributed by atoms with Crippen LogP contribution in [-0.2, 0) is 10.0 Å². The summed E-state index contributed by atoms with van der Waals surface area (Å²) in [4.78, 5) is 0.0734. The zero-order valence-electron chi connectivity index (χ0n) is 11.1. The van der Waals surface area contributed by atoms with Gasteiger partial charge in [-0.2, -0.15) is 0 Å². The van der Waals surface area contributed by atoms with Crippen LogP contribution in [0.15, 0.2) is 17.0 Å². The van der Waals surface area contributed by atoms with E-state index in [1.54, 1.807) is 6.92 Å². The van der Waals surface area contributed by atoms with Gasteiger partial charge in [0.1, 0.15) is 0 Å². The number of aliphatic hydroxyl groups excluding tert-OH is 1. The standard InChI is InChI=1S/C13H17Cl2NO3S/c1-8-12(14)6-11(7-13(8)15)20(18,19)16-9-2-4-10(17)5-3-9/h6-7,9-10,16-17H,2-5H2,1H3. The third kappa shape index (κ3) is 3.65. The van der Waals surface area contributed by atoms with Gasteiger partial charge in [0.05, 0.1) is 11.0 Å². The first-order chi connectivity index (χ1) is 9.29. The number of hydrogen-bond acceptors (Lipinski definition) is 3. The van der Waals surface area contributed by atoms with Gasteiger partial charge in [-0.3, -0.25) is 0 Å². The van der Waals surface area contributed by atoms with E-state index >= 15 is 0 Å². The average Bonchev–Trinajstić information content (AvgIpc) is 2.38. The lowest BCUT2D eigenvalue weighted by atomic mass is 9.94. The van der Waals surface area contributed by atoms with E-state index in [2.05, 4.69) is 4.72 Å². The number of aliphatic hydroxyl groups is 1. The van der Waals surface area contributed by atoms with Crippen molar-refractivity contribution in [1.29, 1.82) is 0 Å². The molecule has 1 saturated carbocycles. The van der Waals surface area contributed by atoms with Crippen molar-refractivity contribution in [2.75, 3.05) is 0 Å². The normalized spacial score (nSPS) is 23.8. The van der Waals surface area contributed by atoms with Crippen LogP contribution in [0.5, 0.6) is 0 Å². The predicted octanol–water partition coefficient (Wildman–Crippen LogP) is 2.88. The molecule has 0 aliphatic heterocycles. The highest BCUT2D eigenvalue weighted by Gasteiger charge is 2.25. The Morgan fingerprint density at radius 3 is 2.15 bits per heavy atom. The van der Waals surface area contributed by atoms with Gasteiger partial charge in [-0.15, -0.1) is 0 Å². The molecule has 0 radical (unpaired) electrons. The molecule has 0 heterocycles. The van der Waals surface area contributed by atoms with Crippen molar-refractivity contribution < 1.29 is 13.5 Å². The highest BCUT2D eigenvalue weighted by molar-refractivity contribution is 7.89. The molecule has 1 aromatic carbocycles. The molecule has 1 aliphatic rings. The largest absolute Gasteiger partial charge is 0.393 e. The lowest BCUT2D eigenvalue weighted by Gasteiger charge is -2.26. The molecule has 7 heteroatoms. The Morgan fingerprint density at radius 1 is 1.15 bits per heavy atom. The van der Waals surface area contributed by atoms with Crippen LogP contribution in [-0.4, -0.2) is 25.7 Å². The number of nitrogens with one attached hydrogen (secondary N) is 1. The molecule has 20 heavy (non-hydrogen) atoms. The minimum absolute atomic E-state index is 0.0734. The van der Waals surface area contributed by atoms with Crippen LogP contribution in [0.25, 0.3) is 0 Å². The SMILES string of the molecule is Cc1c(Cl)cc(S(=O)(=O)NC2CCC(O)CC2)cc1Cl. The van der Waals surface area contributed by atoms with Gasteiger partial charge in [-0.05, 0) is 50.3 Å². The van der Waals surface area contributed by atoms with Crippen LogP contribution >= 0.6 is 23.2 Å². The van der Waals surface area contributed by atoms with Crippen molar-refractivity contribution in [3.05, 3.63) is 27.7 Å². The Morgan fingerprint density at radius 2 is 1.65 bits per heavy atom. The molecule has 1 aliphatic carbocycles. The molecular formula is C13H17Cl2NO3S. The van der Waals surface area contributed by atoms with Crippen molar-refractivity contribution >= 4 is 33.2 Å². The van der Waals surface area contributed by atoms with Crippen molar-refractivity contribution in [1.82, 2.24) is 4.72 Å². The molecular weight excluding hydrogens is 321 g/mol. The third-order valence-corrected chi connectivity index (χ3v) is 5.87. The van der Waals surface area contributed by atoms with Gasteiger partial charge in [-0.1, -0.05) is 23.2 Å². The molecule has 1 fully saturated rings. The predicted molar refractivity (Wildman–Crippen MR) is 79.8 cm³/mol. The molecule has 0 amide bonds. The van der Waals surface area contributed by atoms with E-state index in [-0.39, 0.29) is 17.0 Å². The Bertz CT molecular complexity index is 573. The van der Waals surface area contributed by atoms with E-state index < -0.39 is 10.0 Å². The van der Waals surface area contributed by atoms with Gasteiger partial charge in [0.2, 0.25) is 10.0 Å². The van der Waals surface area contributed by atoms with Crippen molar-refractivity contribution in [2.24, 2.45) is 0 Å². The first-order valence-corrected chi connectivity index (χ1v) is 8.69. The van der Waals surface area contributed by atoms with E-state index in [0.717, 1.165) is 0 Å². The van der Waals surface area contributed by atoms with Crippen molar-refractivity contribution in [3.63, 3.8) is 0 Å². The van der Waals surface area contributed by atoms with E-state index in [9.17, 15) is 13.5 Å². The third-order valence-electron chi connectivity index (χ3n) is 3.58. The number of rotatable bonds is 3. The van der Waals surface area contributed by atoms with Crippen LogP contribution in [0.1, 0.15) is 31.2 Å². The maximum absolute atomic E-state index is 12.3. The zero-order valence-corrected chi connectivity index (χ0v) is 13.4. The Hall–Kier alpha value is -0.330. The lowest BCUT2D eigenvalue weighted by Crippen LogP contribution is -2.38. The zero-order chi connectivity index (χ0) is 14.9. The van der Waals surface area contributed by atoms with Gasteiger partial charge < -0.3 is 5.11 Å². The second-order valence-corrected chi connectivity index (χ2v) is 7.67. The molecule has 4 nitrogen and oxygen atoms in total. The van der Waals surface area contributed by atoms with Crippen LogP contribution in [0.4, 0.5) is 0 Å². The second kappa shape index (κ2) is 6.20. The molecule has 0 atom stereocenters. The summed E-state index contributed by atoms with van der Waals surface area (Å²) in [5, 5.41) is 10.1. The fourth-order valence-corrected chi connectivity index (χ4v) is 4.23. The number of benzene rings is 1. The average molecular weight is 338 g/mol. The monoisotopic (exact) mass is 337 g/mol. The van der Waals surface area contributed by atoms with Crippen molar-refractivity contribution in [2.45, 2.75) is 49.6 Å². The van der Waals surface area contributed by atoms with Crippen LogP contribution in [0.2, 0.25) is 10.0 Å². The van der Waals surface area contributed by atoms with Gasteiger partial charge in [0.25, 0.3) is 0 Å². The molecule has 2 rings (SSSR count).